The van der Waals surface area contributed by atoms with Crippen LogP contribution in [0.15, 0.2) is 23.1 Å². The highest BCUT2D eigenvalue weighted by atomic mass is 32.2. The van der Waals surface area contributed by atoms with Crippen LogP contribution in [0.1, 0.15) is 17.5 Å². The number of carbonyl (C=O) groups excluding carboxylic acids is 1. The van der Waals surface area contributed by atoms with Crippen LogP contribution in [-0.2, 0) is 4.74 Å². The van der Waals surface area contributed by atoms with Crippen molar-refractivity contribution in [1.82, 2.24) is 9.97 Å². The van der Waals surface area contributed by atoms with Gasteiger partial charge in [0.1, 0.15) is 0 Å². The van der Waals surface area contributed by atoms with E-state index in [4.69, 9.17) is 4.11 Å². The van der Waals surface area contributed by atoms with E-state index in [0.29, 0.717) is 5.52 Å². The summed E-state index contributed by atoms with van der Waals surface area (Å²) >= 11 is 1.73. The summed E-state index contributed by atoms with van der Waals surface area (Å²) in [6.07, 6.45) is 0.00838. The molecule has 0 fully saturated rings. The third kappa shape index (κ3) is 2.95. The molecule has 0 bridgehead atoms. The van der Waals surface area contributed by atoms with Gasteiger partial charge in [0.2, 0.25) is 5.95 Å². The third-order valence-electron chi connectivity index (χ3n) is 2.24. The van der Waals surface area contributed by atoms with Crippen molar-refractivity contribution in [2.45, 2.75) is 18.2 Å². The molecule has 2 N–H and O–H groups in total. The maximum atomic E-state index is 11.4. The molecule has 0 radical (unpaired) electrons. The van der Waals surface area contributed by atoms with Crippen molar-refractivity contribution in [1.29, 1.82) is 0 Å². The smallest absolute Gasteiger partial charge is 0.413 e. The molecule has 2 aromatic rings. The van der Waals surface area contributed by atoms with Gasteiger partial charge in [-0.05, 0) is 30.4 Å². The first-order valence-corrected chi connectivity index (χ1v) is 6.48. The zero-order valence-corrected chi connectivity index (χ0v) is 10.6. The van der Waals surface area contributed by atoms with Gasteiger partial charge in [-0.3, -0.25) is 5.32 Å². The summed E-state index contributed by atoms with van der Waals surface area (Å²) in [7, 11) is -2.78. The van der Waals surface area contributed by atoms with Crippen LogP contribution in [0, 0.1) is 0 Å². The number of H-pyrrole nitrogens is 1. The molecule has 5 nitrogen and oxygen atoms in total. The Kier molecular flexibility index (Phi) is 2.97. The first-order valence-electron chi connectivity index (χ1n) is 7.00. The number of methoxy groups -OCH3 is 1. The minimum atomic E-state index is -2.78. The van der Waals surface area contributed by atoms with Crippen molar-refractivity contribution < 1.29 is 13.6 Å². The summed E-state index contributed by atoms with van der Waals surface area (Å²) < 4.78 is 24.7. The zero-order chi connectivity index (χ0) is 15.5. The Morgan fingerprint density at radius 1 is 1.67 bits per heavy atom. The van der Waals surface area contributed by atoms with Crippen LogP contribution in [-0.4, -0.2) is 28.9 Å². The molecule has 0 aliphatic carbocycles. The van der Waals surface area contributed by atoms with E-state index in [1.807, 2.05) is 18.2 Å². The van der Waals surface area contributed by atoms with Crippen LogP contribution in [0.4, 0.5) is 10.7 Å². The lowest BCUT2D eigenvalue weighted by Crippen LogP contribution is -2.11. The molecule has 2 rings (SSSR count). The lowest BCUT2D eigenvalue weighted by Gasteiger charge is -1.98. The van der Waals surface area contributed by atoms with Crippen LogP contribution >= 0.6 is 11.8 Å². The number of benzene rings is 1. The number of aromatic amines is 1. The first kappa shape index (κ1) is 9.27. The average molecular weight is 268 g/mol. The van der Waals surface area contributed by atoms with Gasteiger partial charge < -0.3 is 9.72 Å². The molecular weight excluding hydrogens is 250 g/mol. The van der Waals surface area contributed by atoms with E-state index in [1.54, 1.807) is 11.8 Å². The predicted molar refractivity (Wildman–Crippen MR) is 73.1 cm³/mol. The third-order valence-corrected chi connectivity index (χ3v) is 3.44. The van der Waals surface area contributed by atoms with Crippen LogP contribution in [0.3, 0.4) is 0 Å². The van der Waals surface area contributed by atoms with Gasteiger partial charge >= 0.3 is 6.09 Å². The quantitative estimate of drug-likeness (QED) is 0.835. The summed E-state index contributed by atoms with van der Waals surface area (Å²) in [5, 5.41) is 2.26. The van der Waals surface area contributed by atoms with Crippen LogP contribution in [0.2, 0.25) is 0 Å². The van der Waals surface area contributed by atoms with Crippen LogP contribution < -0.4 is 5.32 Å². The molecular formula is C12H15N3O2S. The van der Waals surface area contributed by atoms with E-state index in [2.05, 4.69) is 26.9 Å². The molecule has 0 spiro atoms. The van der Waals surface area contributed by atoms with Crippen molar-refractivity contribution in [3.05, 3.63) is 18.2 Å². The van der Waals surface area contributed by atoms with E-state index >= 15 is 0 Å². The van der Waals surface area contributed by atoms with Gasteiger partial charge in [-0.1, -0.05) is 6.92 Å². The van der Waals surface area contributed by atoms with Gasteiger partial charge in [0, 0.05) is 4.90 Å². The molecule has 96 valence electrons. The zero-order valence-electron chi connectivity index (χ0n) is 12.8. The Hall–Kier alpha value is -1.69. The van der Waals surface area contributed by atoms with Gasteiger partial charge in [-0.25, -0.2) is 9.78 Å². The molecule has 0 unspecified atom stereocenters. The fraction of sp³-hybridized carbons (Fsp3) is 0.333. The molecule has 0 aliphatic heterocycles. The highest BCUT2D eigenvalue weighted by molar-refractivity contribution is 7.99. The van der Waals surface area contributed by atoms with Gasteiger partial charge in [0.15, 0.2) is 0 Å². The lowest BCUT2D eigenvalue weighted by molar-refractivity contribution is 0.186. The SMILES string of the molecule is [2H]C([2H])([2H])OC(=O)Nc1nc2ccc(SCCC)cc2[nH]1. The molecule has 18 heavy (non-hydrogen) atoms. The first-order chi connectivity index (χ1) is 9.87. The number of ether oxygens (including phenoxy) is 1. The number of carbonyl (C=O) groups is 1. The normalized spacial score (nSPS) is 13.7. The second-order valence-electron chi connectivity index (χ2n) is 3.63. The van der Waals surface area contributed by atoms with Crippen molar-refractivity contribution in [3.63, 3.8) is 0 Å². The number of thioether (sulfide) groups is 1. The van der Waals surface area contributed by atoms with Gasteiger partial charge in [-0.15, -0.1) is 11.8 Å². The van der Waals surface area contributed by atoms with Crippen molar-refractivity contribution in [2.24, 2.45) is 0 Å². The highest BCUT2D eigenvalue weighted by Gasteiger charge is 2.07. The Balaban J connectivity index is 2.10. The lowest BCUT2D eigenvalue weighted by atomic mass is 10.3. The van der Waals surface area contributed by atoms with E-state index in [0.717, 1.165) is 22.6 Å². The summed E-state index contributed by atoms with van der Waals surface area (Å²) in [6, 6.07) is 5.72. The van der Waals surface area contributed by atoms with Crippen molar-refractivity contribution in [2.75, 3.05) is 18.1 Å². The maximum Gasteiger partial charge on any atom is 0.413 e. The van der Waals surface area contributed by atoms with Crippen molar-refractivity contribution >= 4 is 34.8 Å². The molecule has 1 aromatic carbocycles. The molecule has 1 aromatic heterocycles. The number of aromatic nitrogens is 2. The Morgan fingerprint density at radius 2 is 2.56 bits per heavy atom. The molecule has 0 aliphatic rings. The Labute approximate surface area is 114 Å². The van der Waals surface area contributed by atoms with E-state index in [-0.39, 0.29) is 5.95 Å². The number of fused-ring (bicyclic) bond motifs is 1. The number of rotatable bonds is 4. The number of nitrogens with zero attached hydrogens (tertiary/aromatic N) is 1. The van der Waals surface area contributed by atoms with Gasteiger partial charge in [0.25, 0.3) is 0 Å². The minimum absolute atomic E-state index is 0.150. The van der Waals surface area contributed by atoms with Gasteiger partial charge in [-0.2, -0.15) is 0 Å². The molecule has 0 atom stereocenters. The van der Waals surface area contributed by atoms with E-state index in [1.165, 1.54) is 0 Å². The second-order valence-corrected chi connectivity index (χ2v) is 4.80. The van der Waals surface area contributed by atoms with Crippen molar-refractivity contribution in [3.8, 4) is 0 Å². The largest absolute Gasteiger partial charge is 0.453 e. The monoisotopic (exact) mass is 268 g/mol. The minimum Gasteiger partial charge on any atom is -0.453 e. The number of imidazole rings is 1. The number of anilines is 1. The summed E-state index contributed by atoms with van der Waals surface area (Å²) in [4.78, 5) is 19.5. The molecule has 1 amide bonds. The summed E-state index contributed by atoms with van der Waals surface area (Å²) in [5.41, 5.74) is 1.44. The number of hydrogen-bond donors (Lipinski definition) is 2. The highest BCUT2D eigenvalue weighted by Crippen LogP contribution is 2.23. The average Bonchev–Trinajstić information content (AvgIpc) is 2.74. The Bertz CT molecular complexity index is 642. The fourth-order valence-electron chi connectivity index (χ4n) is 1.48. The summed E-state index contributed by atoms with van der Waals surface area (Å²) in [5.74, 6) is 1.17. The van der Waals surface area contributed by atoms with Crippen LogP contribution in [0.5, 0.6) is 0 Å². The van der Waals surface area contributed by atoms with E-state index < -0.39 is 13.1 Å². The standard InChI is InChI=1S/C12H15N3O2S/c1-3-6-18-8-4-5-9-10(7-8)14-11(13-9)15-12(16)17-2/h4-5,7H,3,6H2,1-2H3,(H2,13,14,15,16)/i2D3. The topological polar surface area (TPSA) is 67.0 Å². The number of hydrogen-bond acceptors (Lipinski definition) is 4. The Morgan fingerprint density at radius 3 is 3.33 bits per heavy atom. The van der Waals surface area contributed by atoms with Gasteiger partial charge in [0.05, 0.1) is 22.2 Å². The second kappa shape index (κ2) is 5.77. The molecule has 6 heteroatoms. The number of amides is 1. The molecule has 0 saturated carbocycles. The fourth-order valence-corrected chi connectivity index (χ4v) is 2.29. The maximum absolute atomic E-state index is 11.4. The predicted octanol–water partition coefficient (Wildman–Crippen LogP) is 3.24. The summed E-state index contributed by atoms with van der Waals surface area (Å²) in [6.45, 7) is 2.11. The van der Waals surface area contributed by atoms with E-state index in [9.17, 15) is 4.79 Å². The van der Waals surface area contributed by atoms with Crippen LogP contribution in [0.25, 0.3) is 11.0 Å². The number of nitrogens with one attached hydrogen (secondary N) is 2. The molecule has 1 heterocycles. The molecule has 0 saturated heterocycles.